The Kier molecular flexibility index (Phi) is 6.23. The van der Waals surface area contributed by atoms with E-state index in [-0.39, 0.29) is 6.54 Å². The van der Waals surface area contributed by atoms with Crippen molar-refractivity contribution >= 4 is 5.91 Å². The molecule has 1 amide bonds. The Morgan fingerprint density at radius 1 is 1.38 bits per heavy atom. The Hall–Kier alpha value is -2.58. The molecule has 0 unspecified atom stereocenters. The third kappa shape index (κ3) is 4.53. The highest BCUT2D eigenvalue weighted by molar-refractivity contribution is 5.95. The number of pyridine rings is 1. The van der Waals surface area contributed by atoms with E-state index in [2.05, 4.69) is 15.4 Å². The molecule has 0 aliphatic carbocycles. The summed E-state index contributed by atoms with van der Waals surface area (Å²) in [5.74, 6) is -0.502. The first kappa shape index (κ1) is 19.7. The minimum absolute atomic E-state index is 0.00409. The van der Waals surface area contributed by atoms with Gasteiger partial charge in [0.05, 0.1) is 18.4 Å². The van der Waals surface area contributed by atoms with Crippen LogP contribution >= 0.6 is 0 Å². The van der Waals surface area contributed by atoms with Gasteiger partial charge in [-0.2, -0.15) is 18.3 Å². The maximum absolute atomic E-state index is 13.4. The zero-order valence-electron chi connectivity index (χ0n) is 14.8. The number of halogens is 3. The third-order valence-electron chi connectivity index (χ3n) is 3.53. The summed E-state index contributed by atoms with van der Waals surface area (Å²) in [5.41, 5.74) is -0.983. The summed E-state index contributed by atoms with van der Waals surface area (Å²) >= 11 is 0. The quantitative estimate of drug-likeness (QED) is 0.809. The van der Waals surface area contributed by atoms with Crippen LogP contribution in [-0.2, 0) is 12.7 Å². The number of hydrogen-bond donors (Lipinski definition) is 1. The molecule has 0 spiro atoms. The van der Waals surface area contributed by atoms with Crippen LogP contribution in [0.5, 0.6) is 5.88 Å². The van der Waals surface area contributed by atoms with Gasteiger partial charge in [0.25, 0.3) is 5.91 Å². The topological polar surface area (TPSA) is 69.0 Å². The fourth-order valence-corrected chi connectivity index (χ4v) is 2.36. The largest absolute Gasteiger partial charge is 0.477 e. The molecule has 0 aliphatic rings. The first-order valence-corrected chi connectivity index (χ1v) is 8.25. The van der Waals surface area contributed by atoms with Crippen LogP contribution in [0, 0.1) is 0 Å². The predicted octanol–water partition coefficient (Wildman–Crippen LogP) is 3.60. The van der Waals surface area contributed by atoms with Gasteiger partial charge >= 0.3 is 6.18 Å². The maximum Gasteiger partial charge on any atom is 0.433 e. The van der Waals surface area contributed by atoms with Crippen LogP contribution in [0.1, 0.15) is 54.8 Å². The van der Waals surface area contributed by atoms with Crippen molar-refractivity contribution in [3.8, 4) is 5.88 Å². The van der Waals surface area contributed by atoms with Crippen LogP contribution in [0.4, 0.5) is 13.2 Å². The number of ether oxygens (including phenoxy) is 1. The van der Waals surface area contributed by atoms with E-state index in [0.29, 0.717) is 18.1 Å². The number of hydrogen-bond acceptors (Lipinski definition) is 4. The average Bonchev–Trinajstić information content (AvgIpc) is 3.04. The van der Waals surface area contributed by atoms with Crippen LogP contribution in [-0.4, -0.2) is 27.3 Å². The zero-order valence-corrected chi connectivity index (χ0v) is 14.8. The molecule has 2 rings (SSSR count). The molecule has 9 heteroatoms. The summed E-state index contributed by atoms with van der Waals surface area (Å²) in [5, 5.41) is 6.20. The number of carbonyl (C=O) groups is 1. The molecule has 0 bridgehead atoms. The molecule has 0 atom stereocenters. The van der Waals surface area contributed by atoms with Crippen molar-refractivity contribution in [3.05, 3.63) is 41.3 Å². The van der Waals surface area contributed by atoms with Crippen molar-refractivity contribution in [2.45, 2.75) is 46.0 Å². The fourth-order valence-electron chi connectivity index (χ4n) is 2.36. The maximum atomic E-state index is 13.4. The number of alkyl halides is 3. The van der Waals surface area contributed by atoms with Crippen molar-refractivity contribution in [3.63, 3.8) is 0 Å². The second-order valence-corrected chi connectivity index (χ2v) is 5.94. The van der Waals surface area contributed by atoms with E-state index in [1.165, 1.54) is 0 Å². The molecule has 142 valence electrons. The first-order valence-electron chi connectivity index (χ1n) is 8.25. The monoisotopic (exact) mass is 370 g/mol. The SMILES string of the molecule is CCCOc1ncccc1CNC(=O)c1cnn(C(C)C)c1C(F)(F)F. The van der Waals surface area contributed by atoms with Crippen molar-refractivity contribution in [2.24, 2.45) is 0 Å². The zero-order chi connectivity index (χ0) is 19.3. The molecule has 2 aromatic heterocycles. The lowest BCUT2D eigenvalue weighted by Crippen LogP contribution is -2.27. The summed E-state index contributed by atoms with van der Waals surface area (Å²) < 4.78 is 46.4. The van der Waals surface area contributed by atoms with Gasteiger partial charge in [-0.3, -0.25) is 9.48 Å². The number of nitrogens with zero attached hydrogens (tertiary/aromatic N) is 3. The number of amides is 1. The highest BCUT2D eigenvalue weighted by Gasteiger charge is 2.40. The molecule has 0 fully saturated rings. The minimum atomic E-state index is -4.68. The molecule has 2 aromatic rings. The summed E-state index contributed by atoms with van der Waals surface area (Å²) in [6, 6.07) is 2.83. The normalized spacial score (nSPS) is 11.7. The Bertz CT molecular complexity index is 757. The smallest absolute Gasteiger partial charge is 0.433 e. The molecular weight excluding hydrogens is 349 g/mol. The van der Waals surface area contributed by atoms with Crippen LogP contribution in [0.3, 0.4) is 0 Å². The molecule has 0 saturated carbocycles. The lowest BCUT2D eigenvalue weighted by molar-refractivity contribution is -0.145. The molecule has 26 heavy (non-hydrogen) atoms. The lowest BCUT2D eigenvalue weighted by Gasteiger charge is -2.15. The van der Waals surface area contributed by atoms with Gasteiger partial charge in [0.15, 0.2) is 5.69 Å². The Morgan fingerprint density at radius 3 is 2.73 bits per heavy atom. The molecule has 6 nitrogen and oxygen atoms in total. The van der Waals surface area contributed by atoms with Crippen LogP contribution in [0.2, 0.25) is 0 Å². The van der Waals surface area contributed by atoms with E-state index in [9.17, 15) is 18.0 Å². The Morgan fingerprint density at radius 2 is 2.12 bits per heavy atom. The van der Waals surface area contributed by atoms with Crippen molar-refractivity contribution < 1.29 is 22.7 Å². The average molecular weight is 370 g/mol. The van der Waals surface area contributed by atoms with Gasteiger partial charge < -0.3 is 10.1 Å². The van der Waals surface area contributed by atoms with E-state index in [0.717, 1.165) is 17.3 Å². The third-order valence-corrected chi connectivity index (χ3v) is 3.53. The number of nitrogens with one attached hydrogen (secondary N) is 1. The van der Waals surface area contributed by atoms with E-state index < -0.39 is 29.4 Å². The molecule has 0 aliphatic heterocycles. The van der Waals surface area contributed by atoms with Crippen LogP contribution in [0.25, 0.3) is 0 Å². The second-order valence-electron chi connectivity index (χ2n) is 5.94. The van der Waals surface area contributed by atoms with Gasteiger partial charge in [0, 0.05) is 24.3 Å². The lowest BCUT2D eigenvalue weighted by atomic mass is 10.2. The van der Waals surface area contributed by atoms with E-state index in [4.69, 9.17) is 4.74 Å². The standard InChI is InChI=1S/C17H21F3N4O2/c1-4-8-26-16-12(6-5-7-21-16)9-22-15(25)13-10-23-24(11(2)3)14(13)17(18,19)20/h5-7,10-11H,4,8-9H2,1-3H3,(H,22,25). The summed E-state index contributed by atoms with van der Waals surface area (Å²) in [7, 11) is 0. The van der Waals surface area contributed by atoms with Crippen molar-refractivity contribution in [1.29, 1.82) is 0 Å². The number of rotatable bonds is 7. The van der Waals surface area contributed by atoms with Gasteiger partial charge in [-0.1, -0.05) is 13.0 Å². The molecule has 0 aromatic carbocycles. The highest BCUT2D eigenvalue weighted by Crippen LogP contribution is 2.33. The van der Waals surface area contributed by atoms with Crippen LogP contribution < -0.4 is 10.1 Å². The minimum Gasteiger partial charge on any atom is -0.477 e. The molecule has 0 saturated heterocycles. The summed E-state index contributed by atoms with van der Waals surface area (Å²) in [6.45, 7) is 5.52. The summed E-state index contributed by atoms with van der Waals surface area (Å²) in [6.07, 6.45) is -1.41. The summed E-state index contributed by atoms with van der Waals surface area (Å²) in [4.78, 5) is 16.4. The molecule has 1 N–H and O–H groups in total. The first-order chi connectivity index (χ1) is 12.3. The van der Waals surface area contributed by atoms with E-state index >= 15 is 0 Å². The van der Waals surface area contributed by atoms with Crippen molar-refractivity contribution in [2.75, 3.05) is 6.61 Å². The Balaban J connectivity index is 2.19. The molecule has 2 heterocycles. The fraction of sp³-hybridized carbons (Fsp3) is 0.471. The number of aromatic nitrogens is 3. The highest BCUT2D eigenvalue weighted by atomic mass is 19.4. The second kappa shape index (κ2) is 8.20. The predicted molar refractivity (Wildman–Crippen MR) is 88.8 cm³/mol. The number of carbonyl (C=O) groups excluding carboxylic acids is 1. The van der Waals surface area contributed by atoms with E-state index in [1.54, 1.807) is 32.2 Å². The molecular formula is C17H21F3N4O2. The van der Waals surface area contributed by atoms with Gasteiger partial charge in [-0.05, 0) is 26.3 Å². The Labute approximate surface area is 149 Å². The van der Waals surface area contributed by atoms with Crippen molar-refractivity contribution in [1.82, 2.24) is 20.1 Å². The van der Waals surface area contributed by atoms with E-state index in [1.807, 2.05) is 6.92 Å². The molecule has 0 radical (unpaired) electrons. The van der Waals surface area contributed by atoms with Gasteiger partial charge in [-0.15, -0.1) is 0 Å². The van der Waals surface area contributed by atoms with Gasteiger partial charge in [0.2, 0.25) is 5.88 Å². The van der Waals surface area contributed by atoms with Gasteiger partial charge in [0.1, 0.15) is 0 Å². The van der Waals surface area contributed by atoms with Gasteiger partial charge in [-0.25, -0.2) is 4.98 Å². The van der Waals surface area contributed by atoms with Crippen LogP contribution in [0.15, 0.2) is 24.5 Å².